The maximum Gasteiger partial charge on any atom is 0.339 e. The van der Waals surface area contributed by atoms with E-state index in [2.05, 4.69) is 0 Å². The molecule has 1 aliphatic heterocycles. The number of carboxylic acid groups (broad SMARTS) is 1. The van der Waals surface area contributed by atoms with Crippen molar-refractivity contribution in [2.45, 2.75) is 13.3 Å². The fourth-order valence-corrected chi connectivity index (χ4v) is 2.38. The van der Waals surface area contributed by atoms with Gasteiger partial charge >= 0.3 is 11.9 Å². The van der Waals surface area contributed by atoms with Crippen molar-refractivity contribution in [2.75, 3.05) is 18.6 Å². The molecule has 0 bridgehead atoms. The first-order chi connectivity index (χ1) is 9.45. The smallest absolute Gasteiger partial charge is 0.339 e. The van der Waals surface area contributed by atoms with Crippen molar-refractivity contribution in [3.05, 3.63) is 29.3 Å². The maximum atomic E-state index is 12.0. The van der Waals surface area contributed by atoms with Crippen LogP contribution in [0.2, 0.25) is 0 Å². The monoisotopic (exact) mass is 277 g/mol. The van der Waals surface area contributed by atoms with Crippen LogP contribution < -0.4 is 4.90 Å². The maximum absolute atomic E-state index is 12.0. The molecule has 1 aliphatic rings. The first-order valence-corrected chi connectivity index (χ1v) is 6.16. The van der Waals surface area contributed by atoms with Crippen LogP contribution >= 0.6 is 0 Å². The van der Waals surface area contributed by atoms with Crippen molar-refractivity contribution in [3.63, 3.8) is 0 Å². The van der Waals surface area contributed by atoms with E-state index in [1.807, 2.05) is 0 Å². The van der Waals surface area contributed by atoms with Crippen LogP contribution in [0.1, 0.15) is 22.3 Å². The third kappa shape index (κ3) is 2.36. The summed E-state index contributed by atoms with van der Waals surface area (Å²) in [6.45, 7) is 1.84. The summed E-state index contributed by atoms with van der Waals surface area (Å²) in [6.07, 6.45) is -0.0513. The number of nitrogens with zero attached hydrogens (tertiary/aromatic N) is 1. The van der Waals surface area contributed by atoms with E-state index in [0.29, 0.717) is 5.69 Å². The number of methoxy groups -OCH3 is 1. The van der Waals surface area contributed by atoms with Crippen molar-refractivity contribution in [1.82, 2.24) is 0 Å². The molecule has 20 heavy (non-hydrogen) atoms. The van der Waals surface area contributed by atoms with Gasteiger partial charge in [-0.05, 0) is 18.6 Å². The van der Waals surface area contributed by atoms with Gasteiger partial charge in [0.15, 0.2) is 0 Å². The van der Waals surface area contributed by atoms with Crippen LogP contribution in [0, 0.1) is 12.8 Å². The zero-order valence-corrected chi connectivity index (χ0v) is 11.3. The molecule has 0 aliphatic carbocycles. The summed E-state index contributed by atoms with van der Waals surface area (Å²) < 4.78 is 4.71. The molecule has 0 radical (unpaired) electrons. The van der Waals surface area contributed by atoms with Crippen LogP contribution in [0.3, 0.4) is 0 Å². The summed E-state index contributed by atoms with van der Waals surface area (Å²) in [7, 11) is 1.26. The summed E-state index contributed by atoms with van der Waals surface area (Å²) in [4.78, 5) is 36.2. The molecule has 6 nitrogen and oxygen atoms in total. The Kier molecular flexibility index (Phi) is 3.74. The van der Waals surface area contributed by atoms with E-state index in [4.69, 9.17) is 9.84 Å². The number of amides is 1. The Morgan fingerprint density at radius 2 is 2.10 bits per heavy atom. The predicted octanol–water partition coefficient (Wildman–Crippen LogP) is 1.22. The molecule has 0 spiro atoms. The minimum atomic E-state index is -1.01. The minimum absolute atomic E-state index is 0.0513. The Hall–Kier alpha value is -2.37. The Labute approximate surface area is 115 Å². The summed E-state index contributed by atoms with van der Waals surface area (Å²) >= 11 is 0. The van der Waals surface area contributed by atoms with E-state index in [1.165, 1.54) is 12.0 Å². The zero-order chi connectivity index (χ0) is 14.9. The Balaban J connectivity index is 2.45. The van der Waals surface area contributed by atoms with Gasteiger partial charge in [0.05, 0.1) is 24.3 Å². The average Bonchev–Trinajstić information content (AvgIpc) is 2.79. The topological polar surface area (TPSA) is 83.9 Å². The zero-order valence-electron chi connectivity index (χ0n) is 11.3. The lowest BCUT2D eigenvalue weighted by Gasteiger charge is -2.21. The number of esters is 1. The van der Waals surface area contributed by atoms with Crippen molar-refractivity contribution in [2.24, 2.45) is 5.92 Å². The molecule has 0 saturated carbocycles. The normalized spacial score (nSPS) is 18.2. The lowest BCUT2D eigenvalue weighted by molar-refractivity contribution is -0.141. The Morgan fingerprint density at radius 3 is 2.65 bits per heavy atom. The molecule has 0 aromatic heterocycles. The van der Waals surface area contributed by atoms with Crippen LogP contribution in [-0.4, -0.2) is 36.6 Å². The standard InChI is InChI=1S/C14H15NO5/c1-8-4-3-5-10(14(19)20-2)12(8)15-7-9(13(17)18)6-11(15)16/h3-5,9H,6-7H2,1-2H3,(H,17,18). The quantitative estimate of drug-likeness (QED) is 0.840. The van der Waals surface area contributed by atoms with Crippen molar-refractivity contribution in [1.29, 1.82) is 0 Å². The number of ether oxygens (including phenoxy) is 1. The molecule has 1 saturated heterocycles. The van der Waals surface area contributed by atoms with Gasteiger partial charge in [0.1, 0.15) is 0 Å². The molecule has 1 aromatic carbocycles. The lowest BCUT2D eigenvalue weighted by Crippen LogP contribution is -2.28. The second kappa shape index (κ2) is 5.32. The molecule has 2 rings (SSSR count). The number of hydrogen-bond donors (Lipinski definition) is 1. The first-order valence-electron chi connectivity index (χ1n) is 6.16. The lowest BCUT2D eigenvalue weighted by atomic mass is 10.1. The number of anilines is 1. The van der Waals surface area contributed by atoms with Crippen molar-refractivity contribution >= 4 is 23.5 Å². The minimum Gasteiger partial charge on any atom is -0.481 e. The second-order valence-corrected chi connectivity index (χ2v) is 4.71. The SMILES string of the molecule is COC(=O)c1cccc(C)c1N1CC(C(=O)O)CC1=O. The van der Waals surface area contributed by atoms with E-state index in [0.717, 1.165) is 5.56 Å². The number of aryl methyl sites for hydroxylation is 1. The number of aliphatic carboxylic acids is 1. The molecular formula is C14H15NO5. The summed E-state index contributed by atoms with van der Waals surface area (Å²) in [5.41, 5.74) is 1.44. The van der Waals surface area contributed by atoms with Gasteiger partial charge in [-0.2, -0.15) is 0 Å². The highest BCUT2D eigenvalue weighted by atomic mass is 16.5. The van der Waals surface area contributed by atoms with E-state index in [1.54, 1.807) is 25.1 Å². The highest BCUT2D eigenvalue weighted by molar-refractivity contribution is 6.06. The molecule has 1 unspecified atom stereocenters. The number of carbonyl (C=O) groups is 3. The van der Waals surface area contributed by atoms with Gasteiger partial charge in [0.25, 0.3) is 0 Å². The third-order valence-corrected chi connectivity index (χ3v) is 3.39. The number of benzene rings is 1. The molecular weight excluding hydrogens is 262 g/mol. The summed E-state index contributed by atoms with van der Waals surface area (Å²) in [5.74, 6) is -2.59. The molecule has 1 heterocycles. The fraction of sp³-hybridized carbons (Fsp3) is 0.357. The van der Waals surface area contributed by atoms with Gasteiger partial charge in [0, 0.05) is 13.0 Å². The predicted molar refractivity (Wildman–Crippen MR) is 70.6 cm³/mol. The molecule has 6 heteroatoms. The number of hydrogen-bond acceptors (Lipinski definition) is 4. The van der Waals surface area contributed by atoms with Crippen LogP contribution in [0.4, 0.5) is 5.69 Å². The van der Waals surface area contributed by atoms with Crippen LogP contribution in [0.25, 0.3) is 0 Å². The van der Waals surface area contributed by atoms with Crippen molar-refractivity contribution in [3.8, 4) is 0 Å². The first kappa shape index (κ1) is 14.0. The average molecular weight is 277 g/mol. The van der Waals surface area contributed by atoms with Gasteiger partial charge in [-0.1, -0.05) is 12.1 Å². The van der Waals surface area contributed by atoms with E-state index >= 15 is 0 Å². The number of carbonyl (C=O) groups excluding carboxylic acids is 2. The molecule has 1 aromatic rings. The van der Waals surface area contributed by atoms with Gasteiger partial charge in [-0.25, -0.2) is 4.79 Å². The number of rotatable bonds is 3. The summed E-state index contributed by atoms with van der Waals surface area (Å²) in [5, 5.41) is 9.02. The van der Waals surface area contributed by atoms with Crippen molar-refractivity contribution < 1.29 is 24.2 Å². The molecule has 1 atom stereocenters. The van der Waals surface area contributed by atoms with E-state index < -0.39 is 17.9 Å². The van der Waals surface area contributed by atoms with Gasteiger partial charge in [0.2, 0.25) is 5.91 Å². The molecule has 1 N–H and O–H groups in total. The fourth-order valence-electron chi connectivity index (χ4n) is 2.38. The largest absolute Gasteiger partial charge is 0.481 e. The van der Waals surface area contributed by atoms with E-state index in [-0.39, 0.29) is 24.4 Å². The Bertz CT molecular complexity index is 581. The second-order valence-electron chi connectivity index (χ2n) is 4.71. The van der Waals surface area contributed by atoms with Gasteiger partial charge in [-0.3, -0.25) is 9.59 Å². The highest BCUT2D eigenvalue weighted by Crippen LogP contribution is 2.31. The Morgan fingerprint density at radius 1 is 1.40 bits per heavy atom. The highest BCUT2D eigenvalue weighted by Gasteiger charge is 2.37. The molecule has 1 fully saturated rings. The van der Waals surface area contributed by atoms with Gasteiger partial charge < -0.3 is 14.7 Å². The molecule has 106 valence electrons. The summed E-state index contributed by atoms with van der Waals surface area (Å²) in [6, 6.07) is 5.03. The number of para-hydroxylation sites is 1. The van der Waals surface area contributed by atoms with Crippen LogP contribution in [0.5, 0.6) is 0 Å². The van der Waals surface area contributed by atoms with Crippen LogP contribution in [-0.2, 0) is 14.3 Å². The number of carboxylic acids is 1. The van der Waals surface area contributed by atoms with Crippen LogP contribution in [0.15, 0.2) is 18.2 Å². The molecule has 1 amide bonds. The third-order valence-electron chi connectivity index (χ3n) is 3.39. The van der Waals surface area contributed by atoms with Gasteiger partial charge in [-0.15, -0.1) is 0 Å². The van der Waals surface area contributed by atoms with E-state index in [9.17, 15) is 14.4 Å².